The lowest BCUT2D eigenvalue weighted by Gasteiger charge is -2.12. The summed E-state index contributed by atoms with van der Waals surface area (Å²) >= 11 is 0. The van der Waals surface area contributed by atoms with Crippen LogP contribution in [-0.4, -0.2) is 29.4 Å². The van der Waals surface area contributed by atoms with Crippen molar-refractivity contribution in [1.82, 2.24) is 5.32 Å². The summed E-state index contributed by atoms with van der Waals surface area (Å²) < 4.78 is 0. The summed E-state index contributed by atoms with van der Waals surface area (Å²) in [5.74, 6) is 0. The molecular formula is C12H19NO2. The summed E-state index contributed by atoms with van der Waals surface area (Å²) in [5.41, 5.74) is 0.919. The number of aliphatic hydroxyl groups excluding tert-OH is 2. The van der Waals surface area contributed by atoms with Gasteiger partial charge >= 0.3 is 0 Å². The average Bonchev–Trinajstić information content (AvgIpc) is 2.25. The Morgan fingerprint density at radius 1 is 1.20 bits per heavy atom. The normalized spacial score (nSPS) is 14.9. The molecule has 0 radical (unpaired) electrons. The Hall–Kier alpha value is -0.900. The fraction of sp³-hybridized carbons (Fsp3) is 0.500. The second-order valence-electron chi connectivity index (χ2n) is 3.77. The van der Waals surface area contributed by atoms with Crippen LogP contribution in [0.15, 0.2) is 30.3 Å². The molecule has 3 heteroatoms. The van der Waals surface area contributed by atoms with Gasteiger partial charge in [-0.25, -0.2) is 0 Å². The van der Waals surface area contributed by atoms with Crippen LogP contribution in [-0.2, 0) is 0 Å². The van der Waals surface area contributed by atoms with E-state index in [4.69, 9.17) is 5.11 Å². The molecule has 0 amide bonds. The van der Waals surface area contributed by atoms with E-state index in [2.05, 4.69) is 5.32 Å². The zero-order valence-electron chi connectivity index (χ0n) is 9.06. The first-order valence-electron chi connectivity index (χ1n) is 5.32. The molecule has 1 aromatic carbocycles. The van der Waals surface area contributed by atoms with E-state index in [-0.39, 0.29) is 6.10 Å². The van der Waals surface area contributed by atoms with E-state index in [1.165, 1.54) is 0 Å². The van der Waals surface area contributed by atoms with Gasteiger partial charge in [0.25, 0.3) is 0 Å². The van der Waals surface area contributed by atoms with Crippen LogP contribution in [0.25, 0.3) is 0 Å². The Bertz CT molecular complexity index is 262. The van der Waals surface area contributed by atoms with E-state index in [0.29, 0.717) is 13.0 Å². The van der Waals surface area contributed by atoms with Gasteiger partial charge in [-0.2, -0.15) is 0 Å². The SMILES string of the molecule is CC(O)CCNCC(O)c1ccccc1. The zero-order valence-corrected chi connectivity index (χ0v) is 9.06. The van der Waals surface area contributed by atoms with Crippen molar-refractivity contribution in [2.45, 2.75) is 25.6 Å². The van der Waals surface area contributed by atoms with Gasteiger partial charge in [-0.05, 0) is 25.5 Å². The quantitative estimate of drug-likeness (QED) is 0.614. The predicted molar refractivity (Wildman–Crippen MR) is 60.6 cm³/mol. The number of aliphatic hydroxyl groups is 2. The zero-order chi connectivity index (χ0) is 11.1. The molecular weight excluding hydrogens is 190 g/mol. The second kappa shape index (κ2) is 6.56. The molecule has 2 atom stereocenters. The maximum absolute atomic E-state index is 9.76. The Balaban J connectivity index is 2.22. The number of hydrogen-bond donors (Lipinski definition) is 3. The number of rotatable bonds is 6. The maximum atomic E-state index is 9.76. The standard InChI is InChI=1S/C12H19NO2/c1-10(14)7-8-13-9-12(15)11-5-3-2-4-6-11/h2-6,10,12-15H,7-9H2,1H3. The highest BCUT2D eigenvalue weighted by Crippen LogP contribution is 2.10. The Kier molecular flexibility index (Phi) is 5.32. The monoisotopic (exact) mass is 209 g/mol. The first-order chi connectivity index (χ1) is 7.20. The molecule has 15 heavy (non-hydrogen) atoms. The summed E-state index contributed by atoms with van der Waals surface area (Å²) in [6.07, 6.45) is -0.0480. The lowest BCUT2D eigenvalue weighted by Crippen LogP contribution is -2.24. The van der Waals surface area contributed by atoms with Crippen LogP contribution in [0.1, 0.15) is 25.0 Å². The highest BCUT2D eigenvalue weighted by atomic mass is 16.3. The summed E-state index contributed by atoms with van der Waals surface area (Å²) in [6.45, 7) is 3.01. The molecule has 3 N–H and O–H groups in total. The van der Waals surface area contributed by atoms with E-state index < -0.39 is 6.10 Å². The minimum absolute atomic E-state index is 0.286. The van der Waals surface area contributed by atoms with Gasteiger partial charge in [0.15, 0.2) is 0 Å². The van der Waals surface area contributed by atoms with Crippen molar-refractivity contribution in [3.63, 3.8) is 0 Å². The third-order valence-electron chi connectivity index (χ3n) is 2.26. The molecule has 0 fully saturated rings. The van der Waals surface area contributed by atoms with E-state index in [0.717, 1.165) is 12.1 Å². The molecule has 1 aromatic rings. The fourth-order valence-corrected chi connectivity index (χ4v) is 1.34. The van der Waals surface area contributed by atoms with Crippen molar-refractivity contribution in [3.05, 3.63) is 35.9 Å². The summed E-state index contributed by atoms with van der Waals surface area (Å²) in [7, 11) is 0. The van der Waals surface area contributed by atoms with Gasteiger partial charge in [0.05, 0.1) is 12.2 Å². The lowest BCUT2D eigenvalue weighted by molar-refractivity contribution is 0.162. The smallest absolute Gasteiger partial charge is 0.0914 e. The summed E-state index contributed by atoms with van der Waals surface area (Å²) in [6, 6.07) is 9.56. The van der Waals surface area contributed by atoms with Crippen molar-refractivity contribution in [1.29, 1.82) is 0 Å². The second-order valence-corrected chi connectivity index (χ2v) is 3.77. The topological polar surface area (TPSA) is 52.5 Å². The van der Waals surface area contributed by atoms with Crippen LogP contribution in [0, 0.1) is 0 Å². The highest BCUT2D eigenvalue weighted by Gasteiger charge is 2.05. The van der Waals surface area contributed by atoms with E-state index in [9.17, 15) is 5.11 Å². The van der Waals surface area contributed by atoms with Crippen LogP contribution < -0.4 is 5.32 Å². The fourth-order valence-electron chi connectivity index (χ4n) is 1.34. The first-order valence-corrected chi connectivity index (χ1v) is 5.32. The molecule has 2 unspecified atom stereocenters. The summed E-state index contributed by atoms with van der Waals surface area (Å²) in [4.78, 5) is 0. The molecule has 0 saturated heterocycles. The van der Waals surface area contributed by atoms with Crippen molar-refractivity contribution < 1.29 is 10.2 Å². The van der Waals surface area contributed by atoms with Crippen molar-refractivity contribution >= 4 is 0 Å². The molecule has 3 nitrogen and oxygen atoms in total. The van der Waals surface area contributed by atoms with Gasteiger partial charge in [-0.3, -0.25) is 0 Å². The van der Waals surface area contributed by atoms with E-state index in [1.54, 1.807) is 6.92 Å². The predicted octanol–water partition coefficient (Wildman–Crippen LogP) is 1.08. The molecule has 0 bridgehead atoms. The average molecular weight is 209 g/mol. The highest BCUT2D eigenvalue weighted by molar-refractivity contribution is 5.17. The number of nitrogens with one attached hydrogen (secondary N) is 1. The molecule has 0 aromatic heterocycles. The lowest BCUT2D eigenvalue weighted by atomic mass is 10.1. The van der Waals surface area contributed by atoms with Crippen molar-refractivity contribution in [3.8, 4) is 0 Å². The van der Waals surface area contributed by atoms with Gasteiger partial charge in [-0.15, -0.1) is 0 Å². The number of hydrogen-bond acceptors (Lipinski definition) is 3. The molecule has 0 spiro atoms. The van der Waals surface area contributed by atoms with Crippen LogP contribution in [0.5, 0.6) is 0 Å². The van der Waals surface area contributed by atoms with Crippen molar-refractivity contribution in [2.75, 3.05) is 13.1 Å². The molecule has 0 heterocycles. The minimum Gasteiger partial charge on any atom is -0.393 e. The van der Waals surface area contributed by atoms with Crippen LogP contribution >= 0.6 is 0 Å². The largest absolute Gasteiger partial charge is 0.393 e. The molecule has 1 rings (SSSR count). The van der Waals surface area contributed by atoms with E-state index >= 15 is 0 Å². The molecule has 0 aliphatic rings. The Morgan fingerprint density at radius 3 is 2.47 bits per heavy atom. The third kappa shape index (κ3) is 4.93. The molecule has 84 valence electrons. The van der Waals surface area contributed by atoms with Gasteiger partial charge in [0, 0.05) is 6.54 Å². The maximum Gasteiger partial charge on any atom is 0.0914 e. The Morgan fingerprint density at radius 2 is 1.87 bits per heavy atom. The minimum atomic E-state index is -0.472. The first kappa shape index (κ1) is 12.2. The van der Waals surface area contributed by atoms with Crippen LogP contribution in [0.3, 0.4) is 0 Å². The molecule has 0 saturated carbocycles. The van der Waals surface area contributed by atoms with E-state index in [1.807, 2.05) is 30.3 Å². The third-order valence-corrected chi connectivity index (χ3v) is 2.26. The number of benzene rings is 1. The van der Waals surface area contributed by atoms with Gasteiger partial charge in [-0.1, -0.05) is 30.3 Å². The molecule has 0 aliphatic carbocycles. The van der Waals surface area contributed by atoms with Gasteiger partial charge < -0.3 is 15.5 Å². The van der Waals surface area contributed by atoms with Gasteiger partial charge in [0.1, 0.15) is 0 Å². The van der Waals surface area contributed by atoms with Gasteiger partial charge in [0.2, 0.25) is 0 Å². The summed E-state index contributed by atoms with van der Waals surface area (Å²) in [5, 5.41) is 21.9. The molecule has 0 aliphatic heterocycles. The van der Waals surface area contributed by atoms with Crippen LogP contribution in [0.2, 0.25) is 0 Å². The Labute approximate surface area is 90.8 Å². The van der Waals surface area contributed by atoms with Crippen LogP contribution in [0.4, 0.5) is 0 Å². The van der Waals surface area contributed by atoms with Crippen molar-refractivity contribution in [2.24, 2.45) is 0 Å².